The molecule has 3 amide bonds. The Hall–Kier alpha value is -1.44. The number of carboxylic acid groups (broad SMARTS) is 1. The second-order valence-corrected chi connectivity index (χ2v) is 5.28. The highest BCUT2D eigenvalue weighted by molar-refractivity contribution is 7.99. The number of nitrogens with one attached hydrogen (secondary N) is 1. The van der Waals surface area contributed by atoms with Crippen LogP contribution in [0.1, 0.15) is 6.42 Å². The van der Waals surface area contributed by atoms with Gasteiger partial charge in [-0.05, 0) is 23.8 Å². The van der Waals surface area contributed by atoms with Crippen molar-refractivity contribution in [2.24, 2.45) is 11.7 Å². The number of aliphatic carboxylic acids is 1. The van der Waals surface area contributed by atoms with E-state index in [4.69, 9.17) is 10.8 Å². The maximum atomic E-state index is 11.7. The highest BCUT2D eigenvalue weighted by Gasteiger charge is 2.21. The quantitative estimate of drug-likeness (QED) is 0.594. The minimum absolute atomic E-state index is 0.391. The molecule has 102 valence electrons. The molecule has 1 fully saturated rings. The Morgan fingerprint density at radius 1 is 1.39 bits per heavy atom. The van der Waals surface area contributed by atoms with Crippen LogP contribution in [-0.2, 0) is 9.59 Å². The van der Waals surface area contributed by atoms with Gasteiger partial charge in [0.2, 0.25) is 5.91 Å². The number of carboxylic acids is 1. The van der Waals surface area contributed by atoms with Crippen LogP contribution in [-0.4, -0.2) is 59.1 Å². The van der Waals surface area contributed by atoms with Gasteiger partial charge in [-0.3, -0.25) is 9.59 Å². The van der Waals surface area contributed by atoms with Crippen LogP contribution in [0, 0.1) is 5.92 Å². The summed E-state index contributed by atoms with van der Waals surface area (Å²) in [6.45, 7) is -0.424. The Labute approximate surface area is 109 Å². The van der Waals surface area contributed by atoms with Gasteiger partial charge in [-0.25, -0.2) is 4.79 Å². The third kappa shape index (κ3) is 5.26. The minimum Gasteiger partial charge on any atom is -0.480 e. The summed E-state index contributed by atoms with van der Waals surface area (Å²) >= 11 is 1.83. The lowest BCUT2D eigenvalue weighted by atomic mass is 10.1. The average molecular weight is 275 g/mol. The summed E-state index contributed by atoms with van der Waals surface area (Å²) in [4.78, 5) is 33.9. The van der Waals surface area contributed by atoms with E-state index in [9.17, 15) is 14.4 Å². The number of hydrogen-bond acceptors (Lipinski definition) is 4. The third-order valence-corrected chi connectivity index (χ3v) is 3.76. The smallest absolute Gasteiger partial charge is 0.323 e. The summed E-state index contributed by atoms with van der Waals surface area (Å²) in [7, 11) is 0. The fourth-order valence-electron chi connectivity index (χ4n) is 1.64. The van der Waals surface area contributed by atoms with Gasteiger partial charge in [0.1, 0.15) is 13.1 Å². The number of primary amides is 1. The molecule has 1 heterocycles. The number of hydrogen-bond donors (Lipinski definition) is 3. The van der Waals surface area contributed by atoms with E-state index >= 15 is 0 Å². The van der Waals surface area contributed by atoms with Crippen molar-refractivity contribution >= 4 is 29.7 Å². The molecule has 1 atom stereocenters. The average Bonchev–Trinajstić information content (AvgIpc) is 2.76. The first-order valence-electron chi connectivity index (χ1n) is 5.59. The molecule has 0 saturated carbocycles. The molecule has 0 aliphatic carbocycles. The van der Waals surface area contributed by atoms with Gasteiger partial charge in [0.05, 0.1) is 0 Å². The van der Waals surface area contributed by atoms with E-state index in [1.807, 2.05) is 11.8 Å². The molecule has 1 aliphatic rings. The van der Waals surface area contributed by atoms with Gasteiger partial charge in [-0.15, -0.1) is 0 Å². The summed E-state index contributed by atoms with van der Waals surface area (Å²) in [5.74, 6) is 0.584. The molecular weight excluding hydrogens is 258 g/mol. The fourth-order valence-corrected chi connectivity index (χ4v) is 2.92. The van der Waals surface area contributed by atoms with Crippen LogP contribution < -0.4 is 11.1 Å². The van der Waals surface area contributed by atoms with Crippen LogP contribution in [0.25, 0.3) is 0 Å². The van der Waals surface area contributed by atoms with E-state index < -0.39 is 31.0 Å². The molecular formula is C10H17N3O4S. The van der Waals surface area contributed by atoms with Gasteiger partial charge in [-0.1, -0.05) is 0 Å². The van der Waals surface area contributed by atoms with E-state index in [1.54, 1.807) is 0 Å². The topological polar surface area (TPSA) is 113 Å². The molecule has 7 nitrogen and oxygen atoms in total. The van der Waals surface area contributed by atoms with Crippen molar-refractivity contribution in [1.29, 1.82) is 0 Å². The molecule has 0 aromatic heterocycles. The molecule has 1 rings (SSSR count). The molecule has 1 unspecified atom stereocenters. The lowest BCUT2D eigenvalue weighted by Gasteiger charge is -2.20. The van der Waals surface area contributed by atoms with E-state index in [1.165, 1.54) is 0 Å². The van der Waals surface area contributed by atoms with Gasteiger partial charge in [0, 0.05) is 6.54 Å². The number of nitrogens with two attached hydrogens (primary N) is 1. The normalized spacial score (nSPS) is 18.3. The zero-order chi connectivity index (χ0) is 13.5. The zero-order valence-electron chi connectivity index (χ0n) is 9.92. The Morgan fingerprint density at radius 3 is 2.61 bits per heavy atom. The molecule has 0 aromatic rings. The van der Waals surface area contributed by atoms with Crippen molar-refractivity contribution in [3.05, 3.63) is 0 Å². The van der Waals surface area contributed by atoms with Crippen LogP contribution in [0.5, 0.6) is 0 Å². The number of urea groups is 1. The van der Waals surface area contributed by atoms with Crippen molar-refractivity contribution in [2.75, 3.05) is 31.1 Å². The minimum atomic E-state index is -1.18. The summed E-state index contributed by atoms with van der Waals surface area (Å²) in [6, 6.07) is -0.562. The molecule has 8 heteroatoms. The molecule has 4 N–H and O–H groups in total. The number of rotatable bonds is 6. The van der Waals surface area contributed by atoms with Gasteiger partial charge >= 0.3 is 12.0 Å². The maximum Gasteiger partial charge on any atom is 0.323 e. The fraction of sp³-hybridized carbons (Fsp3) is 0.700. The molecule has 1 saturated heterocycles. The molecule has 0 aromatic carbocycles. The van der Waals surface area contributed by atoms with E-state index in [2.05, 4.69) is 5.32 Å². The van der Waals surface area contributed by atoms with E-state index in [0.717, 1.165) is 22.8 Å². The van der Waals surface area contributed by atoms with Crippen molar-refractivity contribution in [2.45, 2.75) is 6.42 Å². The van der Waals surface area contributed by atoms with Gasteiger partial charge < -0.3 is 21.1 Å². The summed E-state index contributed by atoms with van der Waals surface area (Å²) in [5, 5.41) is 11.3. The number of thioether (sulfide) groups is 1. The zero-order valence-corrected chi connectivity index (χ0v) is 10.7. The van der Waals surface area contributed by atoms with Crippen molar-refractivity contribution in [3.63, 3.8) is 0 Å². The van der Waals surface area contributed by atoms with Gasteiger partial charge in [0.25, 0.3) is 0 Å². The number of carbonyl (C=O) groups excluding carboxylic acids is 2. The lowest BCUT2D eigenvalue weighted by Crippen LogP contribution is -2.47. The Balaban J connectivity index is 2.41. The highest BCUT2D eigenvalue weighted by atomic mass is 32.2. The molecule has 0 radical (unpaired) electrons. The highest BCUT2D eigenvalue weighted by Crippen LogP contribution is 2.22. The Bertz CT molecular complexity index is 315. The standard InChI is InChI=1S/C10H17N3O4S/c11-8(14)4-13(5-9(15)16)10(17)12-3-7-1-2-18-6-7/h7H,1-6H2,(H2,11,14)(H,12,17)(H,15,16). The van der Waals surface area contributed by atoms with Gasteiger partial charge in [-0.2, -0.15) is 11.8 Å². The number of carbonyl (C=O) groups is 3. The number of nitrogens with zero attached hydrogens (tertiary/aromatic N) is 1. The first-order chi connectivity index (χ1) is 8.49. The molecule has 1 aliphatic heterocycles. The van der Waals surface area contributed by atoms with Crippen molar-refractivity contribution in [1.82, 2.24) is 10.2 Å². The Morgan fingerprint density at radius 2 is 2.11 bits per heavy atom. The molecule has 0 bridgehead atoms. The number of amides is 3. The monoisotopic (exact) mass is 275 g/mol. The van der Waals surface area contributed by atoms with Crippen LogP contribution in [0.4, 0.5) is 4.79 Å². The molecule has 0 spiro atoms. The van der Waals surface area contributed by atoms with Crippen LogP contribution in [0.2, 0.25) is 0 Å². The lowest BCUT2D eigenvalue weighted by molar-refractivity contribution is -0.137. The van der Waals surface area contributed by atoms with Crippen molar-refractivity contribution in [3.8, 4) is 0 Å². The first kappa shape index (κ1) is 14.6. The van der Waals surface area contributed by atoms with E-state index in [0.29, 0.717) is 12.5 Å². The summed E-state index contributed by atoms with van der Waals surface area (Å²) in [5.41, 5.74) is 4.97. The first-order valence-corrected chi connectivity index (χ1v) is 6.75. The van der Waals surface area contributed by atoms with Crippen molar-refractivity contribution < 1.29 is 19.5 Å². The molecule has 18 heavy (non-hydrogen) atoms. The van der Waals surface area contributed by atoms with Gasteiger partial charge in [0.15, 0.2) is 0 Å². The SMILES string of the molecule is NC(=O)CN(CC(=O)O)C(=O)NCC1CCSC1. The van der Waals surface area contributed by atoms with Crippen LogP contribution >= 0.6 is 11.8 Å². The maximum absolute atomic E-state index is 11.7. The van der Waals surface area contributed by atoms with E-state index in [-0.39, 0.29) is 0 Å². The second-order valence-electron chi connectivity index (χ2n) is 4.13. The largest absolute Gasteiger partial charge is 0.480 e. The second kappa shape index (κ2) is 7.10. The Kier molecular flexibility index (Phi) is 5.76. The summed E-state index contributed by atoms with van der Waals surface area (Å²) in [6.07, 6.45) is 1.04. The van der Waals surface area contributed by atoms with Crippen LogP contribution in [0.15, 0.2) is 0 Å². The summed E-state index contributed by atoms with van der Waals surface area (Å²) < 4.78 is 0. The predicted molar refractivity (Wildman–Crippen MR) is 67.2 cm³/mol. The van der Waals surface area contributed by atoms with Crippen LogP contribution in [0.3, 0.4) is 0 Å². The predicted octanol–water partition coefficient (Wildman–Crippen LogP) is -0.679. The third-order valence-electron chi connectivity index (χ3n) is 2.53.